The molecule has 0 bridgehead atoms. The molecule has 0 unspecified atom stereocenters. The Morgan fingerprint density at radius 1 is 0.371 bits per heavy atom. The van der Waals surface area contributed by atoms with E-state index in [0.717, 1.165) is 0 Å². The van der Waals surface area contributed by atoms with Crippen molar-refractivity contribution in [2.24, 2.45) is 0 Å². The van der Waals surface area contributed by atoms with Crippen LogP contribution in [0, 0.1) is 0 Å². The quantitative estimate of drug-likeness (QED) is 0.235. The van der Waals surface area contributed by atoms with Gasteiger partial charge in [0.05, 0.1) is 11.0 Å². The molecule has 0 aliphatic heterocycles. The molecule has 0 atom stereocenters. The number of benzene rings is 7. The number of fused-ring (bicyclic) bond motifs is 3. The maximum absolute atomic E-state index is 2.37. The van der Waals surface area contributed by atoms with E-state index in [9.17, 15) is 0 Å². The van der Waals surface area contributed by atoms with Gasteiger partial charge in [-0.1, -0.05) is 84.9 Å². The molecule has 0 aliphatic carbocycles. The molecule has 8 rings (SSSR count). The van der Waals surface area contributed by atoms with E-state index < -0.39 is 0 Å². The van der Waals surface area contributed by atoms with E-state index in [-0.39, 0.29) is 0 Å². The van der Waals surface area contributed by atoms with Crippen LogP contribution in [0.25, 0.3) is 70.9 Å². The summed E-state index contributed by atoms with van der Waals surface area (Å²) in [6.07, 6.45) is 0. The number of hydrogen-bond donors (Lipinski definition) is 0. The molecule has 0 N–H and O–H groups in total. The first-order valence-electron chi connectivity index (χ1n) is 12.1. The molecule has 0 saturated carbocycles. The lowest BCUT2D eigenvalue weighted by Crippen LogP contribution is -1.92. The van der Waals surface area contributed by atoms with Gasteiger partial charge in [0.2, 0.25) is 0 Å². The van der Waals surface area contributed by atoms with E-state index in [1.165, 1.54) is 70.9 Å². The van der Waals surface area contributed by atoms with Crippen molar-refractivity contribution in [2.45, 2.75) is 0 Å². The molecular weight excluding hydrogens is 422 g/mol. The van der Waals surface area contributed by atoms with E-state index in [0.29, 0.717) is 0 Å². The van der Waals surface area contributed by atoms with Crippen molar-refractivity contribution in [2.75, 3.05) is 0 Å². The Morgan fingerprint density at radius 2 is 1.00 bits per heavy atom. The zero-order chi connectivity index (χ0) is 22.9. The fourth-order valence-electron chi connectivity index (χ4n) is 5.93. The van der Waals surface area contributed by atoms with Crippen LogP contribution in [0.5, 0.6) is 0 Å². The Bertz CT molecular complexity index is 1980. The van der Waals surface area contributed by atoms with Gasteiger partial charge in [-0.25, -0.2) is 0 Å². The second-order valence-electron chi connectivity index (χ2n) is 9.43. The standard InChI is InChI=1S/C34H21N/c1-2-9-28(10-3-1)35-31-12-5-4-11-29(31)30-21-24(17-18-32(30)35)27-19-25-15-13-22-7-6-8-23-14-16-26(20-27)34(25)33(22)23/h1-21H. The summed E-state index contributed by atoms with van der Waals surface area (Å²) in [6.45, 7) is 0. The third-order valence-corrected chi connectivity index (χ3v) is 7.48. The zero-order valence-electron chi connectivity index (χ0n) is 19.1. The van der Waals surface area contributed by atoms with Crippen molar-refractivity contribution in [1.82, 2.24) is 4.57 Å². The Balaban J connectivity index is 1.40. The van der Waals surface area contributed by atoms with Crippen LogP contribution in [0.2, 0.25) is 0 Å². The Labute approximate surface area is 202 Å². The molecule has 0 aliphatic rings. The molecule has 0 amide bonds. The maximum Gasteiger partial charge on any atom is 0.0541 e. The van der Waals surface area contributed by atoms with Crippen LogP contribution in [0.3, 0.4) is 0 Å². The molecule has 8 aromatic rings. The molecule has 162 valence electrons. The lowest BCUT2D eigenvalue weighted by atomic mass is 9.91. The number of para-hydroxylation sites is 2. The fraction of sp³-hybridized carbons (Fsp3) is 0. The molecule has 7 aromatic carbocycles. The van der Waals surface area contributed by atoms with E-state index in [4.69, 9.17) is 0 Å². The average molecular weight is 444 g/mol. The first-order valence-corrected chi connectivity index (χ1v) is 12.1. The fourth-order valence-corrected chi connectivity index (χ4v) is 5.93. The Morgan fingerprint density at radius 3 is 1.77 bits per heavy atom. The van der Waals surface area contributed by atoms with Gasteiger partial charge in [-0.05, 0) is 85.9 Å². The van der Waals surface area contributed by atoms with Crippen LogP contribution in [-0.2, 0) is 0 Å². The van der Waals surface area contributed by atoms with Crippen LogP contribution < -0.4 is 0 Å². The first kappa shape index (κ1) is 18.8. The highest BCUT2D eigenvalue weighted by Gasteiger charge is 2.14. The van der Waals surface area contributed by atoms with E-state index >= 15 is 0 Å². The second kappa shape index (κ2) is 6.94. The smallest absolute Gasteiger partial charge is 0.0541 e. The minimum Gasteiger partial charge on any atom is -0.309 e. The summed E-state index contributed by atoms with van der Waals surface area (Å²) >= 11 is 0. The summed E-state index contributed by atoms with van der Waals surface area (Å²) in [5.41, 5.74) is 6.17. The average Bonchev–Trinajstić information content (AvgIpc) is 3.26. The van der Waals surface area contributed by atoms with Gasteiger partial charge >= 0.3 is 0 Å². The highest BCUT2D eigenvalue weighted by molar-refractivity contribution is 6.23. The van der Waals surface area contributed by atoms with Gasteiger partial charge in [-0.2, -0.15) is 0 Å². The van der Waals surface area contributed by atoms with Crippen LogP contribution >= 0.6 is 0 Å². The van der Waals surface area contributed by atoms with Gasteiger partial charge in [0.1, 0.15) is 0 Å². The minimum atomic E-state index is 1.19. The van der Waals surface area contributed by atoms with Crippen molar-refractivity contribution >= 4 is 54.1 Å². The molecule has 1 nitrogen and oxygen atoms in total. The van der Waals surface area contributed by atoms with Gasteiger partial charge in [-0.15, -0.1) is 0 Å². The molecule has 0 spiro atoms. The van der Waals surface area contributed by atoms with Crippen LogP contribution in [0.15, 0.2) is 127 Å². The molecule has 0 saturated heterocycles. The number of rotatable bonds is 2. The predicted molar refractivity (Wildman–Crippen MR) is 150 cm³/mol. The summed E-state index contributed by atoms with van der Waals surface area (Å²) < 4.78 is 2.37. The highest BCUT2D eigenvalue weighted by Crippen LogP contribution is 2.39. The van der Waals surface area contributed by atoms with Gasteiger partial charge in [0.15, 0.2) is 0 Å². The summed E-state index contributed by atoms with van der Waals surface area (Å²) in [6, 6.07) is 46.6. The largest absolute Gasteiger partial charge is 0.309 e. The first-order chi connectivity index (χ1) is 17.3. The Kier molecular flexibility index (Phi) is 3.72. The van der Waals surface area contributed by atoms with Crippen molar-refractivity contribution in [1.29, 1.82) is 0 Å². The molecule has 0 fully saturated rings. The van der Waals surface area contributed by atoms with Crippen molar-refractivity contribution < 1.29 is 0 Å². The minimum absolute atomic E-state index is 1.19. The molecule has 35 heavy (non-hydrogen) atoms. The maximum atomic E-state index is 2.37. The summed E-state index contributed by atoms with van der Waals surface area (Å²) in [4.78, 5) is 0. The Hall–Kier alpha value is -4.62. The second-order valence-corrected chi connectivity index (χ2v) is 9.43. The lowest BCUT2D eigenvalue weighted by Gasteiger charge is -2.13. The molecule has 1 heteroatoms. The molecule has 1 heterocycles. The van der Waals surface area contributed by atoms with Gasteiger partial charge < -0.3 is 4.57 Å². The molecule has 1 aromatic heterocycles. The van der Waals surface area contributed by atoms with E-state index in [1.807, 2.05) is 0 Å². The predicted octanol–water partition coefficient (Wildman–Crippen LogP) is 9.35. The summed E-state index contributed by atoms with van der Waals surface area (Å²) in [5.74, 6) is 0. The number of aromatic nitrogens is 1. The van der Waals surface area contributed by atoms with Crippen LogP contribution in [0.4, 0.5) is 0 Å². The van der Waals surface area contributed by atoms with E-state index in [2.05, 4.69) is 132 Å². The third-order valence-electron chi connectivity index (χ3n) is 7.48. The van der Waals surface area contributed by atoms with Gasteiger partial charge in [-0.3, -0.25) is 0 Å². The highest BCUT2D eigenvalue weighted by atomic mass is 15.0. The summed E-state index contributed by atoms with van der Waals surface area (Å²) in [7, 11) is 0. The van der Waals surface area contributed by atoms with E-state index in [1.54, 1.807) is 0 Å². The topological polar surface area (TPSA) is 4.93 Å². The van der Waals surface area contributed by atoms with Crippen molar-refractivity contribution in [3.63, 3.8) is 0 Å². The number of nitrogens with zero attached hydrogens (tertiary/aromatic N) is 1. The number of hydrogen-bond acceptors (Lipinski definition) is 0. The summed E-state index contributed by atoms with van der Waals surface area (Å²) in [5, 5.41) is 10.5. The van der Waals surface area contributed by atoms with Crippen molar-refractivity contribution in [3.8, 4) is 16.8 Å². The lowest BCUT2D eigenvalue weighted by molar-refractivity contribution is 1.18. The molecule has 0 radical (unpaired) electrons. The van der Waals surface area contributed by atoms with Crippen LogP contribution in [0.1, 0.15) is 0 Å². The third kappa shape index (κ3) is 2.64. The monoisotopic (exact) mass is 443 g/mol. The SMILES string of the molecule is c1ccc(-n2c3ccccc3c3cc(-c4cc5ccc6cccc7ccc(c4)c5c67)ccc32)cc1. The van der Waals surface area contributed by atoms with Crippen LogP contribution in [-0.4, -0.2) is 4.57 Å². The van der Waals surface area contributed by atoms with Gasteiger partial charge in [0, 0.05) is 16.5 Å². The molecular formula is C34H21N. The van der Waals surface area contributed by atoms with Crippen molar-refractivity contribution in [3.05, 3.63) is 127 Å². The van der Waals surface area contributed by atoms with Gasteiger partial charge in [0.25, 0.3) is 0 Å². The zero-order valence-corrected chi connectivity index (χ0v) is 19.1. The normalized spacial score (nSPS) is 12.0.